The van der Waals surface area contributed by atoms with E-state index < -0.39 is 7.38 Å². The van der Waals surface area contributed by atoms with Gasteiger partial charge in [0.25, 0.3) is 0 Å². The standard InChI is InChI=1S/C15H17ClSi/c1-3-13-9-11-15(12-10-13)17(2,16)14-7-5-4-6-8-14/h4-12H,3H2,1-2H3. The highest BCUT2D eigenvalue weighted by molar-refractivity contribution is 7.33. The molecule has 0 heterocycles. The maximum Gasteiger partial charge on any atom is 0.214 e. The summed E-state index contributed by atoms with van der Waals surface area (Å²) in [5.74, 6) is 0. The molecule has 0 aromatic heterocycles. The van der Waals surface area contributed by atoms with Crippen LogP contribution in [0.15, 0.2) is 54.6 Å². The summed E-state index contributed by atoms with van der Waals surface area (Å²) in [7, 11) is -2.02. The first-order valence-corrected chi connectivity index (χ1v) is 9.49. The van der Waals surface area contributed by atoms with Crippen LogP contribution in [0.3, 0.4) is 0 Å². The summed E-state index contributed by atoms with van der Waals surface area (Å²) in [4.78, 5) is 0. The third-order valence-electron chi connectivity index (χ3n) is 3.22. The van der Waals surface area contributed by atoms with E-state index in [-0.39, 0.29) is 0 Å². The van der Waals surface area contributed by atoms with Crippen molar-refractivity contribution in [2.24, 2.45) is 0 Å². The van der Waals surface area contributed by atoms with Gasteiger partial charge in [-0.1, -0.05) is 61.5 Å². The van der Waals surface area contributed by atoms with Crippen molar-refractivity contribution in [1.29, 1.82) is 0 Å². The third kappa shape index (κ3) is 2.62. The minimum absolute atomic E-state index is 1.08. The summed E-state index contributed by atoms with van der Waals surface area (Å²) in [6.45, 7) is 4.36. The number of halogens is 1. The molecule has 0 amide bonds. The zero-order valence-corrected chi connectivity index (χ0v) is 12.0. The van der Waals surface area contributed by atoms with Crippen LogP contribution < -0.4 is 10.4 Å². The largest absolute Gasteiger partial charge is 0.214 e. The fourth-order valence-corrected chi connectivity index (χ4v) is 4.67. The second-order valence-electron chi connectivity index (χ2n) is 4.42. The van der Waals surface area contributed by atoms with E-state index in [1.54, 1.807) is 0 Å². The molecule has 0 radical (unpaired) electrons. The number of benzene rings is 2. The van der Waals surface area contributed by atoms with Crippen molar-refractivity contribution in [2.45, 2.75) is 19.9 Å². The van der Waals surface area contributed by atoms with Crippen molar-refractivity contribution in [2.75, 3.05) is 0 Å². The molecule has 0 aliphatic heterocycles. The van der Waals surface area contributed by atoms with Crippen LogP contribution in [0.2, 0.25) is 6.55 Å². The van der Waals surface area contributed by atoms with Crippen LogP contribution in [0.4, 0.5) is 0 Å². The van der Waals surface area contributed by atoms with Crippen molar-refractivity contribution >= 4 is 28.8 Å². The lowest BCUT2D eigenvalue weighted by Crippen LogP contribution is -2.50. The molecule has 2 rings (SSSR count). The van der Waals surface area contributed by atoms with Crippen LogP contribution in [0.1, 0.15) is 12.5 Å². The highest BCUT2D eigenvalue weighted by Gasteiger charge is 2.29. The fourth-order valence-electron chi connectivity index (χ4n) is 1.97. The molecule has 0 aliphatic carbocycles. The monoisotopic (exact) mass is 260 g/mol. The van der Waals surface area contributed by atoms with Gasteiger partial charge < -0.3 is 0 Å². The van der Waals surface area contributed by atoms with Gasteiger partial charge in [0.1, 0.15) is 0 Å². The molecule has 0 saturated carbocycles. The summed E-state index contributed by atoms with van der Waals surface area (Å²) >= 11 is 6.82. The molecule has 17 heavy (non-hydrogen) atoms. The molecule has 0 N–H and O–H groups in total. The molecule has 2 aromatic rings. The number of hydrogen-bond donors (Lipinski definition) is 0. The van der Waals surface area contributed by atoms with Crippen LogP contribution in [0, 0.1) is 0 Å². The second kappa shape index (κ2) is 5.07. The Morgan fingerprint density at radius 2 is 1.41 bits per heavy atom. The Kier molecular flexibility index (Phi) is 3.70. The Balaban J connectivity index is 2.37. The number of hydrogen-bond acceptors (Lipinski definition) is 0. The number of aryl methyl sites for hydroxylation is 1. The van der Waals surface area contributed by atoms with E-state index in [0.717, 1.165) is 6.42 Å². The zero-order chi connectivity index (χ0) is 12.3. The van der Waals surface area contributed by atoms with E-state index in [9.17, 15) is 0 Å². The highest BCUT2D eigenvalue weighted by Crippen LogP contribution is 2.11. The first-order valence-electron chi connectivity index (χ1n) is 5.98. The lowest BCUT2D eigenvalue weighted by molar-refractivity contribution is 1.14. The molecule has 0 aliphatic rings. The normalized spacial score (nSPS) is 14.3. The molecule has 2 aromatic carbocycles. The van der Waals surface area contributed by atoms with Gasteiger partial charge in [0.2, 0.25) is 7.38 Å². The van der Waals surface area contributed by atoms with E-state index in [2.05, 4.69) is 62.0 Å². The third-order valence-corrected chi connectivity index (χ3v) is 7.36. The summed E-state index contributed by atoms with van der Waals surface area (Å²) in [5, 5.41) is 2.55. The Morgan fingerprint density at radius 1 is 0.882 bits per heavy atom. The molecule has 1 unspecified atom stereocenters. The zero-order valence-electron chi connectivity index (χ0n) is 10.3. The lowest BCUT2D eigenvalue weighted by atomic mass is 10.2. The van der Waals surface area contributed by atoms with Crippen LogP contribution in [0.5, 0.6) is 0 Å². The summed E-state index contributed by atoms with van der Waals surface area (Å²) in [6.07, 6.45) is 1.08. The van der Waals surface area contributed by atoms with Crippen LogP contribution in [0.25, 0.3) is 0 Å². The molecule has 0 bridgehead atoms. The van der Waals surface area contributed by atoms with Crippen LogP contribution >= 0.6 is 11.1 Å². The fraction of sp³-hybridized carbons (Fsp3) is 0.200. The SMILES string of the molecule is CCc1ccc([Si](C)(Cl)c2ccccc2)cc1. The van der Waals surface area contributed by atoms with E-state index in [0.29, 0.717) is 0 Å². The van der Waals surface area contributed by atoms with Crippen LogP contribution in [-0.4, -0.2) is 7.38 Å². The topological polar surface area (TPSA) is 0 Å². The van der Waals surface area contributed by atoms with Gasteiger partial charge in [-0.3, -0.25) is 0 Å². The lowest BCUT2D eigenvalue weighted by Gasteiger charge is -2.20. The average Bonchev–Trinajstić information content (AvgIpc) is 2.40. The summed E-state index contributed by atoms with van der Waals surface area (Å²) in [5.41, 5.74) is 1.36. The molecule has 1 atom stereocenters. The average molecular weight is 261 g/mol. The summed E-state index contributed by atoms with van der Waals surface area (Å²) < 4.78 is 0. The van der Waals surface area contributed by atoms with Crippen molar-refractivity contribution in [3.05, 3.63) is 60.2 Å². The smallest absolute Gasteiger partial charge is 0.155 e. The van der Waals surface area contributed by atoms with Crippen molar-refractivity contribution in [1.82, 2.24) is 0 Å². The maximum atomic E-state index is 6.82. The van der Waals surface area contributed by atoms with Gasteiger partial charge in [0, 0.05) is 0 Å². The molecule has 0 saturated heterocycles. The van der Waals surface area contributed by atoms with E-state index in [4.69, 9.17) is 11.1 Å². The van der Waals surface area contributed by atoms with Crippen LogP contribution in [-0.2, 0) is 6.42 Å². The van der Waals surface area contributed by atoms with Crippen molar-refractivity contribution in [3.8, 4) is 0 Å². The molecular formula is C15H17ClSi. The van der Waals surface area contributed by atoms with Gasteiger partial charge >= 0.3 is 0 Å². The molecule has 0 nitrogen and oxygen atoms in total. The minimum Gasteiger partial charge on any atom is -0.155 e. The molecule has 0 spiro atoms. The van der Waals surface area contributed by atoms with E-state index in [1.165, 1.54) is 15.9 Å². The quantitative estimate of drug-likeness (QED) is 0.587. The van der Waals surface area contributed by atoms with Crippen molar-refractivity contribution in [3.63, 3.8) is 0 Å². The van der Waals surface area contributed by atoms with E-state index >= 15 is 0 Å². The molecule has 0 fully saturated rings. The van der Waals surface area contributed by atoms with Gasteiger partial charge in [-0.15, -0.1) is 0 Å². The first kappa shape index (κ1) is 12.4. The molecular weight excluding hydrogens is 244 g/mol. The van der Waals surface area contributed by atoms with Crippen molar-refractivity contribution < 1.29 is 0 Å². The number of rotatable bonds is 3. The highest BCUT2D eigenvalue weighted by atomic mass is 35.6. The predicted molar refractivity (Wildman–Crippen MR) is 79.0 cm³/mol. The minimum atomic E-state index is -2.02. The first-order chi connectivity index (χ1) is 8.14. The Bertz CT molecular complexity index is 474. The van der Waals surface area contributed by atoms with Gasteiger partial charge in [-0.25, -0.2) is 0 Å². The van der Waals surface area contributed by atoms with Gasteiger partial charge in [0.15, 0.2) is 0 Å². The molecule has 88 valence electrons. The van der Waals surface area contributed by atoms with Gasteiger partial charge in [-0.2, -0.15) is 11.1 Å². The molecule has 2 heteroatoms. The Labute approximate surface area is 109 Å². The maximum absolute atomic E-state index is 6.82. The summed E-state index contributed by atoms with van der Waals surface area (Å²) in [6, 6.07) is 19.2. The Hall–Kier alpha value is -1.05. The predicted octanol–water partition coefficient (Wildman–Crippen LogP) is 3.18. The van der Waals surface area contributed by atoms with E-state index in [1.807, 2.05) is 6.07 Å². The Morgan fingerprint density at radius 3 is 1.94 bits per heavy atom. The van der Waals surface area contributed by atoms with Gasteiger partial charge in [0.05, 0.1) is 0 Å². The van der Waals surface area contributed by atoms with Gasteiger partial charge in [-0.05, 0) is 28.9 Å². The second-order valence-corrected chi connectivity index (χ2v) is 9.85.